The Bertz CT molecular complexity index is 421. The summed E-state index contributed by atoms with van der Waals surface area (Å²) >= 11 is 0. The molecule has 0 aliphatic carbocycles. The number of carbonyl (C=O) groups is 1. The van der Waals surface area contributed by atoms with Gasteiger partial charge in [-0.1, -0.05) is 20.8 Å². The summed E-state index contributed by atoms with van der Waals surface area (Å²) in [6.45, 7) is 7.75. The second-order valence-corrected chi connectivity index (χ2v) is 5.36. The fraction of sp³-hybridized carbons (Fsp3) is 0.750. The van der Waals surface area contributed by atoms with Crippen LogP contribution in [0.4, 0.5) is 0 Å². The summed E-state index contributed by atoms with van der Waals surface area (Å²) < 4.78 is 10.1. The third kappa shape index (κ3) is 4.00. The van der Waals surface area contributed by atoms with Crippen LogP contribution >= 0.6 is 0 Å². The number of rotatable bonds is 5. The van der Waals surface area contributed by atoms with E-state index in [0.29, 0.717) is 5.82 Å². The van der Waals surface area contributed by atoms with E-state index in [0.717, 1.165) is 0 Å². The molecule has 1 aromatic rings. The van der Waals surface area contributed by atoms with E-state index in [1.54, 1.807) is 6.92 Å². The first kappa shape index (κ1) is 15.6. The summed E-state index contributed by atoms with van der Waals surface area (Å²) in [6, 6.07) is -0.306. The standard InChI is InChI=1S/C12H22N4O3/c1-7(10(18-5)19-6)13-9(17)8-14-11(16-15-8)12(2,3)4/h7,10H,1-6H3,(H,13,17)(H,14,15,16). The van der Waals surface area contributed by atoms with Gasteiger partial charge in [-0.2, -0.15) is 0 Å². The topological polar surface area (TPSA) is 89.1 Å². The van der Waals surface area contributed by atoms with Gasteiger partial charge >= 0.3 is 0 Å². The van der Waals surface area contributed by atoms with Crippen molar-refractivity contribution in [2.45, 2.75) is 45.4 Å². The molecule has 0 radical (unpaired) electrons. The van der Waals surface area contributed by atoms with E-state index in [1.807, 2.05) is 20.8 Å². The Kier molecular flexibility index (Phi) is 5.02. The predicted octanol–water partition coefficient (Wildman–Crippen LogP) is 0.839. The summed E-state index contributed by atoms with van der Waals surface area (Å²) in [4.78, 5) is 16.1. The molecular weight excluding hydrogens is 248 g/mol. The summed E-state index contributed by atoms with van der Waals surface area (Å²) in [5, 5.41) is 9.42. The van der Waals surface area contributed by atoms with E-state index >= 15 is 0 Å². The molecule has 0 aromatic carbocycles. The summed E-state index contributed by atoms with van der Waals surface area (Å²) in [5.41, 5.74) is -0.182. The normalized spacial score (nSPS) is 13.6. The minimum Gasteiger partial charge on any atom is -0.354 e. The Hall–Kier alpha value is -1.47. The molecule has 1 atom stereocenters. The number of H-pyrrole nitrogens is 1. The van der Waals surface area contributed by atoms with Gasteiger partial charge in [0.1, 0.15) is 5.82 Å². The molecular formula is C12H22N4O3. The van der Waals surface area contributed by atoms with Crippen molar-refractivity contribution in [3.63, 3.8) is 0 Å². The Morgan fingerprint density at radius 3 is 2.32 bits per heavy atom. The molecule has 0 spiro atoms. The van der Waals surface area contributed by atoms with Gasteiger partial charge in [-0.15, -0.1) is 5.10 Å². The van der Waals surface area contributed by atoms with Crippen LogP contribution in [-0.4, -0.2) is 47.6 Å². The molecule has 0 aliphatic rings. The Morgan fingerprint density at radius 2 is 1.89 bits per heavy atom. The first-order valence-corrected chi connectivity index (χ1v) is 6.09. The highest BCUT2D eigenvalue weighted by atomic mass is 16.7. The minimum atomic E-state index is -0.509. The number of hydrogen-bond acceptors (Lipinski definition) is 5. The summed E-state index contributed by atoms with van der Waals surface area (Å²) in [5.74, 6) is 0.418. The Balaban J connectivity index is 2.71. The molecule has 0 saturated carbocycles. The lowest BCUT2D eigenvalue weighted by Gasteiger charge is -2.21. The van der Waals surface area contributed by atoms with Crippen LogP contribution in [0.25, 0.3) is 0 Å². The maximum absolute atomic E-state index is 12.0. The van der Waals surface area contributed by atoms with Gasteiger partial charge < -0.3 is 14.8 Å². The van der Waals surface area contributed by atoms with Gasteiger partial charge in [-0.3, -0.25) is 9.89 Å². The van der Waals surface area contributed by atoms with Crippen molar-refractivity contribution in [3.8, 4) is 0 Å². The van der Waals surface area contributed by atoms with Crippen molar-refractivity contribution >= 4 is 5.91 Å². The van der Waals surface area contributed by atoms with Crippen LogP contribution < -0.4 is 5.32 Å². The van der Waals surface area contributed by atoms with Gasteiger partial charge in [0, 0.05) is 19.6 Å². The first-order valence-electron chi connectivity index (χ1n) is 6.09. The number of aromatic nitrogens is 3. The molecule has 1 amide bonds. The smallest absolute Gasteiger partial charge is 0.291 e. The minimum absolute atomic E-state index is 0.114. The number of nitrogens with zero attached hydrogens (tertiary/aromatic N) is 2. The number of carbonyl (C=O) groups excluding carboxylic acids is 1. The van der Waals surface area contributed by atoms with Crippen LogP contribution in [0, 0.1) is 0 Å². The number of amides is 1. The zero-order chi connectivity index (χ0) is 14.6. The second-order valence-electron chi connectivity index (χ2n) is 5.36. The Labute approximate surface area is 113 Å². The number of aromatic amines is 1. The van der Waals surface area contributed by atoms with Crippen molar-refractivity contribution in [1.82, 2.24) is 20.5 Å². The predicted molar refractivity (Wildman–Crippen MR) is 69.8 cm³/mol. The summed E-state index contributed by atoms with van der Waals surface area (Å²) in [6.07, 6.45) is -0.509. The third-order valence-electron chi connectivity index (χ3n) is 2.63. The van der Waals surface area contributed by atoms with Crippen molar-refractivity contribution in [3.05, 3.63) is 11.6 Å². The Morgan fingerprint density at radius 1 is 1.32 bits per heavy atom. The summed E-state index contributed by atoms with van der Waals surface area (Å²) in [7, 11) is 3.03. The number of methoxy groups -OCH3 is 2. The van der Waals surface area contributed by atoms with Crippen LogP contribution in [0.15, 0.2) is 0 Å². The van der Waals surface area contributed by atoms with Crippen molar-refractivity contribution in [1.29, 1.82) is 0 Å². The largest absolute Gasteiger partial charge is 0.354 e. The third-order valence-corrected chi connectivity index (χ3v) is 2.63. The molecule has 1 heterocycles. The maximum atomic E-state index is 12.0. The average molecular weight is 270 g/mol. The van der Waals surface area contributed by atoms with Crippen molar-refractivity contribution in [2.24, 2.45) is 0 Å². The molecule has 0 bridgehead atoms. The molecule has 0 fully saturated rings. The molecule has 1 aromatic heterocycles. The van der Waals surface area contributed by atoms with Crippen molar-refractivity contribution < 1.29 is 14.3 Å². The van der Waals surface area contributed by atoms with E-state index in [4.69, 9.17) is 9.47 Å². The number of ether oxygens (including phenoxy) is 2. The quantitative estimate of drug-likeness (QED) is 0.774. The lowest BCUT2D eigenvalue weighted by atomic mass is 9.96. The van der Waals surface area contributed by atoms with Crippen LogP contribution in [0.3, 0.4) is 0 Å². The number of hydrogen-bond donors (Lipinski definition) is 2. The van der Waals surface area contributed by atoms with Gasteiger partial charge in [-0.05, 0) is 6.92 Å². The van der Waals surface area contributed by atoms with E-state index in [2.05, 4.69) is 20.5 Å². The van der Waals surface area contributed by atoms with Gasteiger partial charge in [0.25, 0.3) is 5.91 Å². The van der Waals surface area contributed by atoms with Gasteiger partial charge in [-0.25, -0.2) is 4.98 Å². The molecule has 0 saturated heterocycles. The second kappa shape index (κ2) is 6.12. The molecule has 2 N–H and O–H groups in total. The molecule has 0 aliphatic heterocycles. The van der Waals surface area contributed by atoms with Gasteiger partial charge in [0.05, 0.1) is 6.04 Å². The van der Waals surface area contributed by atoms with E-state index in [1.165, 1.54) is 14.2 Å². The fourth-order valence-electron chi connectivity index (χ4n) is 1.54. The molecule has 7 heteroatoms. The van der Waals surface area contributed by atoms with Crippen LogP contribution in [0.1, 0.15) is 44.1 Å². The zero-order valence-corrected chi connectivity index (χ0v) is 12.3. The average Bonchev–Trinajstić information content (AvgIpc) is 2.79. The highest BCUT2D eigenvalue weighted by molar-refractivity contribution is 5.90. The van der Waals surface area contributed by atoms with Crippen LogP contribution in [0.2, 0.25) is 0 Å². The lowest BCUT2D eigenvalue weighted by molar-refractivity contribution is -0.117. The van der Waals surface area contributed by atoms with E-state index in [-0.39, 0.29) is 23.2 Å². The number of nitrogens with one attached hydrogen (secondary N) is 2. The lowest BCUT2D eigenvalue weighted by Crippen LogP contribution is -2.43. The first-order chi connectivity index (χ1) is 8.79. The highest BCUT2D eigenvalue weighted by Crippen LogP contribution is 2.17. The van der Waals surface area contributed by atoms with Gasteiger partial charge in [0.2, 0.25) is 5.82 Å². The molecule has 1 unspecified atom stereocenters. The SMILES string of the molecule is COC(OC)C(C)NC(=O)c1n[nH]c(C(C)(C)C)n1. The van der Waals surface area contributed by atoms with Crippen LogP contribution in [-0.2, 0) is 14.9 Å². The van der Waals surface area contributed by atoms with Crippen molar-refractivity contribution in [2.75, 3.05) is 14.2 Å². The molecule has 108 valence electrons. The highest BCUT2D eigenvalue weighted by Gasteiger charge is 2.24. The van der Waals surface area contributed by atoms with E-state index in [9.17, 15) is 4.79 Å². The zero-order valence-electron chi connectivity index (χ0n) is 12.3. The van der Waals surface area contributed by atoms with E-state index < -0.39 is 6.29 Å². The van der Waals surface area contributed by atoms with Gasteiger partial charge in [0.15, 0.2) is 6.29 Å². The molecule has 19 heavy (non-hydrogen) atoms. The fourth-order valence-corrected chi connectivity index (χ4v) is 1.54. The van der Waals surface area contributed by atoms with Crippen LogP contribution in [0.5, 0.6) is 0 Å². The maximum Gasteiger partial charge on any atom is 0.291 e. The monoisotopic (exact) mass is 270 g/mol. The molecule has 1 rings (SSSR count). The molecule has 7 nitrogen and oxygen atoms in total.